The summed E-state index contributed by atoms with van der Waals surface area (Å²) in [5.74, 6) is -0.197. The third kappa shape index (κ3) is 2.07. The molecular weight excluding hydrogens is 358 g/mol. The lowest BCUT2D eigenvalue weighted by Gasteiger charge is -2.35. The van der Waals surface area contributed by atoms with E-state index in [1.165, 1.54) is 4.90 Å². The number of hydrogen-bond acceptors (Lipinski definition) is 3. The molecule has 27 heavy (non-hydrogen) atoms. The molecule has 136 valence electrons. The highest BCUT2D eigenvalue weighted by molar-refractivity contribution is 7.98. The third-order valence-corrected chi connectivity index (χ3v) is 6.54. The number of nitrogens with zero attached hydrogens (tertiary/aromatic N) is 2. The van der Waals surface area contributed by atoms with Crippen LogP contribution in [0.25, 0.3) is 10.9 Å². The number of H-pyrrole nitrogens is 1. The molecule has 0 saturated carbocycles. The second-order valence-corrected chi connectivity index (χ2v) is 8.00. The summed E-state index contributed by atoms with van der Waals surface area (Å²) in [5.41, 5.74) is 2.62. The molecule has 1 saturated heterocycles. The molecule has 0 spiro atoms. The molecule has 5 nitrogen and oxygen atoms in total. The highest BCUT2D eigenvalue weighted by Gasteiger charge is 2.58. The number of benzene rings is 2. The van der Waals surface area contributed by atoms with E-state index in [0.717, 1.165) is 33.5 Å². The van der Waals surface area contributed by atoms with Crippen molar-refractivity contribution in [2.75, 3.05) is 17.7 Å². The van der Waals surface area contributed by atoms with Crippen LogP contribution in [0.15, 0.2) is 53.4 Å². The van der Waals surface area contributed by atoms with Crippen molar-refractivity contribution in [2.45, 2.75) is 23.8 Å². The van der Waals surface area contributed by atoms with Gasteiger partial charge < -0.3 is 9.88 Å². The van der Waals surface area contributed by atoms with Gasteiger partial charge in [0.1, 0.15) is 0 Å². The zero-order valence-corrected chi connectivity index (χ0v) is 16.0. The van der Waals surface area contributed by atoms with E-state index < -0.39 is 5.54 Å². The van der Waals surface area contributed by atoms with Gasteiger partial charge in [0.15, 0.2) is 5.54 Å². The van der Waals surface area contributed by atoms with E-state index in [9.17, 15) is 9.59 Å². The van der Waals surface area contributed by atoms with Crippen LogP contribution in [0, 0.1) is 0 Å². The van der Waals surface area contributed by atoms with Gasteiger partial charge in [-0.25, -0.2) is 9.69 Å². The highest BCUT2D eigenvalue weighted by Crippen LogP contribution is 2.45. The highest BCUT2D eigenvalue weighted by atomic mass is 32.2. The van der Waals surface area contributed by atoms with Crippen LogP contribution in [0.1, 0.15) is 18.2 Å². The standard InChI is InChI=1S/C21H19N3O2S/c1-21-18-16(15-5-3-4-6-17(15)22-18)11-12-23(21)20(26)24(19(21)25)13-7-9-14(27-2)10-8-13/h3-10,22H,11-12H2,1-2H3/t21-/m1/s1. The molecule has 3 heterocycles. The Labute approximate surface area is 161 Å². The number of aromatic amines is 1. The predicted octanol–water partition coefficient (Wildman–Crippen LogP) is 4.13. The number of anilines is 1. The van der Waals surface area contributed by atoms with Crippen molar-refractivity contribution in [1.29, 1.82) is 0 Å². The molecule has 2 aliphatic heterocycles. The Kier molecular flexibility index (Phi) is 3.43. The molecule has 1 fully saturated rings. The molecule has 6 heteroatoms. The predicted molar refractivity (Wildman–Crippen MR) is 107 cm³/mol. The minimum absolute atomic E-state index is 0.197. The number of thioether (sulfide) groups is 1. The van der Waals surface area contributed by atoms with Gasteiger partial charge in [0, 0.05) is 22.3 Å². The van der Waals surface area contributed by atoms with Gasteiger partial charge >= 0.3 is 6.03 Å². The van der Waals surface area contributed by atoms with Crippen molar-refractivity contribution in [1.82, 2.24) is 9.88 Å². The second-order valence-electron chi connectivity index (χ2n) is 7.12. The monoisotopic (exact) mass is 377 g/mol. The summed E-state index contributed by atoms with van der Waals surface area (Å²) >= 11 is 1.63. The van der Waals surface area contributed by atoms with Crippen LogP contribution < -0.4 is 4.90 Å². The molecule has 2 aromatic carbocycles. The summed E-state index contributed by atoms with van der Waals surface area (Å²) in [4.78, 5) is 34.2. The first-order chi connectivity index (χ1) is 13.1. The van der Waals surface area contributed by atoms with Gasteiger partial charge in [-0.05, 0) is 55.5 Å². The number of fused-ring (bicyclic) bond motifs is 5. The maximum Gasteiger partial charge on any atom is 0.332 e. The van der Waals surface area contributed by atoms with Crippen LogP contribution in [-0.2, 0) is 16.8 Å². The van der Waals surface area contributed by atoms with E-state index >= 15 is 0 Å². The summed E-state index contributed by atoms with van der Waals surface area (Å²) in [6, 6.07) is 15.4. The van der Waals surface area contributed by atoms with Gasteiger partial charge in [0.2, 0.25) is 0 Å². The lowest BCUT2D eigenvalue weighted by atomic mass is 9.87. The van der Waals surface area contributed by atoms with Gasteiger partial charge in [0.05, 0.1) is 11.4 Å². The Hall–Kier alpha value is -2.73. The van der Waals surface area contributed by atoms with Crippen molar-refractivity contribution < 1.29 is 9.59 Å². The number of carbonyl (C=O) groups is 2. The van der Waals surface area contributed by atoms with Crippen molar-refractivity contribution in [3.63, 3.8) is 0 Å². The first kappa shape index (κ1) is 16.4. The molecule has 1 N–H and O–H groups in total. The number of carbonyl (C=O) groups excluding carboxylic acids is 2. The second kappa shape index (κ2) is 5.63. The first-order valence-electron chi connectivity index (χ1n) is 8.96. The van der Waals surface area contributed by atoms with E-state index in [0.29, 0.717) is 12.2 Å². The molecule has 3 aromatic rings. The molecule has 3 amide bonds. The van der Waals surface area contributed by atoms with Gasteiger partial charge in [-0.2, -0.15) is 0 Å². The van der Waals surface area contributed by atoms with Crippen molar-refractivity contribution in [2.24, 2.45) is 0 Å². The molecular formula is C21H19N3O2S. The molecule has 0 aliphatic carbocycles. The molecule has 5 rings (SSSR count). The average Bonchev–Trinajstić information content (AvgIpc) is 3.17. The Bertz CT molecular complexity index is 1090. The Balaban J connectivity index is 1.65. The number of urea groups is 1. The molecule has 1 atom stereocenters. The quantitative estimate of drug-likeness (QED) is 0.540. The molecule has 2 aliphatic rings. The average molecular weight is 377 g/mol. The summed E-state index contributed by atoms with van der Waals surface area (Å²) < 4.78 is 0. The number of amides is 3. The topological polar surface area (TPSA) is 56.4 Å². The third-order valence-electron chi connectivity index (χ3n) is 5.80. The minimum atomic E-state index is -0.998. The first-order valence-corrected chi connectivity index (χ1v) is 10.2. The number of hydrogen-bond donors (Lipinski definition) is 1. The fraction of sp³-hybridized carbons (Fsp3) is 0.238. The summed E-state index contributed by atoms with van der Waals surface area (Å²) in [6.45, 7) is 2.40. The number of nitrogens with one attached hydrogen (secondary N) is 1. The fourth-order valence-electron chi connectivity index (χ4n) is 4.35. The largest absolute Gasteiger partial charge is 0.356 e. The Morgan fingerprint density at radius 2 is 1.81 bits per heavy atom. The van der Waals surface area contributed by atoms with Crippen LogP contribution in [0.4, 0.5) is 10.5 Å². The number of imide groups is 1. The summed E-state index contributed by atoms with van der Waals surface area (Å²) in [6.07, 6.45) is 2.74. The van der Waals surface area contributed by atoms with Crippen LogP contribution in [0.3, 0.4) is 0 Å². The van der Waals surface area contributed by atoms with Crippen molar-refractivity contribution in [3.05, 3.63) is 59.8 Å². The maximum atomic E-state index is 13.5. The zero-order chi connectivity index (χ0) is 18.8. The smallest absolute Gasteiger partial charge is 0.332 e. The Morgan fingerprint density at radius 1 is 1.07 bits per heavy atom. The van der Waals surface area contributed by atoms with Gasteiger partial charge in [0.25, 0.3) is 5.91 Å². The van der Waals surface area contributed by atoms with Crippen molar-refractivity contribution >= 4 is 40.3 Å². The SMILES string of the molecule is CSc1ccc(N2C(=O)N3CCc4c([nH]c5ccccc45)[C@]3(C)C2=O)cc1. The number of para-hydroxylation sites is 1. The van der Waals surface area contributed by atoms with Crippen LogP contribution in [-0.4, -0.2) is 34.6 Å². The fourth-order valence-corrected chi connectivity index (χ4v) is 4.76. The van der Waals surface area contributed by atoms with E-state index in [1.54, 1.807) is 16.7 Å². The summed E-state index contributed by atoms with van der Waals surface area (Å²) in [7, 11) is 0. The van der Waals surface area contributed by atoms with Crippen molar-refractivity contribution in [3.8, 4) is 0 Å². The van der Waals surface area contributed by atoms with E-state index in [1.807, 2.05) is 55.6 Å². The van der Waals surface area contributed by atoms with E-state index in [-0.39, 0.29) is 11.9 Å². The summed E-state index contributed by atoms with van der Waals surface area (Å²) in [5, 5.41) is 1.14. The lowest BCUT2D eigenvalue weighted by molar-refractivity contribution is -0.125. The number of rotatable bonds is 2. The van der Waals surface area contributed by atoms with Gasteiger partial charge in [-0.1, -0.05) is 18.2 Å². The minimum Gasteiger partial charge on any atom is -0.356 e. The van der Waals surface area contributed by atoms with Gasteiger partial charge in [-0.3, -0.25) is 4.79 Å². The van der Waals surface area contributed by atoms with Crippen LogP contribution >= 0.6 is 11.8 Å². The molecule has 1 aromatic heterocycles. The molecule has 0 bridgehead atoms. The zero-order valence-electron chi connectivity index (χ0n) is 15.2. The Morgan fingerprint density at radius 3 is 2.56 bits per heavy atom. The number of aromatic nitrogens is 1. The van der Waals surface area contributed by atoms with Crippen LogP contribution in [0.2, 0.25) is 0 Å². The molecule has 0 radical (unpaired) electrons. The van der Waals surface area contributed by atoms with E-state index in [2.05, 4.69) is 11.1 Å². The lowest BCUT2D eigenvalue weighted by Crippen LogP contribution is -2.49. The molecule has 0 unspecified atom stereocenters. The van der Waals surface area contributed by atoms with Crippen LogP contribution in [0.5, 0.6) is 0 Å². The normalized spacial score (nSPS) is 21.7. The van der Waals surface area contributed by atoms with E-state index in [4.69, 9.17) is 0 Å². The maximum absolute atomic E-state index is 13.5. The van der Waals surface area contributed by atoms with Gasteiger partial charge in [-0.15, -0.1) is 11.8 Å².